The van der Waals surface area contributed by atoms with Gasteiger partial charge in [-0.15, -0.1) is 0 Å². The van der Waals surface area contributed by atoms with Crippen molar-refractivity contribution in [2.24, 2.45) is 0 Å². The summed E-state index contributed by atoms with van der Waals surface area (Å²) in [7, 11) is 2.12. The predicted molar refractivity (Wildman–Crippen MR) is 74.5 cm³/mol. The quantitative estimate of drug-likeness (QED) is 0.840. The maximum absolute atomic E-state index is 9.75. The molecule has 17 heavy (non-hydrogen) atoms. The van der Waals surface area contributed by atoms with Crippen molar-refractivity contribution in [3.05, 3.63) is 29.8 Å². The lowest BCUT2D eigenvalue weighted by Crippen LogP contribution is -2.40. The Morgan fingerprint density at radius 3 is 2.12 bits per heavy atom. The molecule has 1 atom stereocenters. The lowest BCUT2D eigenvalue weighted by molar-refractivity contribution is 0.173. The molecule has 0 saturated heterocycles. The summed E-state index contributed by atoms with van der Waals surface area (Å²) in [6, 6.07) is 8.22. The minimum Gasteiger partial charge on any atom is -0.388 e. The molecule has 96 valence electrons. The Hall–Kier alpha value is -1.02. The van der Waals surface area contributed by atoms with Crippen LogP contribution in [0, 0.1) is 0 Å². The number of nitrogens with zero attached hydrogens (tertiary/aromatic N) is 1. The second-order valence-electron chi connectivity index (χ2n) is 5.24. The van der Waals surface area contributed by atoms with Gasteiger partial charge in [0.2, 0.25) is 0 Å². The molecule has 0 bridgehead atoms. The number of rotatable bonds is 5. The number of benzene rings is 1. The van der Waals surface area contributed by atoms with E-state index in [2.05, 4.69) is 44.9 Å². The van der Waals surface area contributed by atoms with Gasteiger partial charge in [0.15, 0.2) is 0 Å². The van der Waals surface area contributed by atoms with Gasteiger partial charge >= 0.3 is 0 Å². The first kappa shape index (κ1) is 14.0. The molecule has 2 heteroatoms. The van der Waals surface area contributed by atoms with Crippen LogP contribution in [0.4, 0.5) is 5.69 Å². The largest absolute Gasteiger partial charge is 0.388 e. The van der Waals surface area contributed by atoms with Crippen LogP contribution in [-0.2, 0) is 0 Å². The van der Waals surface area contributed by atoms with Crippen molar-refractivity contribution >= 4 is 5.69 Å². The van der Waals surface area contributed by atoms with E-state index in [4.69, 9.17) is 0 Å². The Balaban J connectivity index is 2.88. The highest BCUT2D eigenvalue weighted by Gasteiger charge is 2.21. The summed E-state index contributed by atoms with van der Waals surface area (Å²) in [6.07, 6.45) is 1.52. The van der Waals surface area contributed by atoms with E-state index in [1.54, 1.807) is 0 Å². The zero-order valence-corrected chi connectivity index (χ0v) is 11.7. The summed E-state index contributed by atoms with van der Waals surface area (Å²) in [5, 5.41) is 9.75. The summed E-state index contributed by atoms with van der Waals surface area (Å²) in [5.74, 6) is 0. The SMILES string of the molecule is CCC(O)c1ccc(N(C)C(C)(C)CC)cc1. The molecule has 0 heterocycles. The molecule has 0 aromatic heterocycles. The molecule has 1 aromatic rings. The first-order valence-corrected chi connectivity index (χ1v) is 6.44. The van der Waals surface area contributed by atoms with Crippen LogP contribution in [0.15, 0.2) is 24.3 Å². The minimum atomic E-state index is -0.339. The van der Waals surface area contributed by atoms with Gasteiger partial charge in [0.05, 0.1) is 6.10 Å². The second kappa shape index (κ2) is 5.54. The van der Waals surface area contributed by atoms with Crippen LogP contribution in [0.1, 0.15) is 52.2 Å². The van der Waals surface area contributed by atoms with Gasteiger partial charge in [-0.3, -0.25) is 0 Å². The average Bonchev–Trinajstić information content (AvgIpc) is 2.37. The zero-order valence-electron chi connectivity index (χ0n) is 11.7. The number of aliphatic hydroxyl groups is 1. The molecule has 1 rings (SSSR count). The molecule has 1 aromatic carbocycles. The molecule has 0 saturated carbocycles. The molecule has 0 aliphatic carbocycles. The topological polar surface area (TPSA) is 23.5 Å². The zero-order chi connectivity index (χ0) is 13.1. The predicted octanol–water partition coefficient (Wildman–Crippen LogP) is 3.75. The fraction of sp³-hybridized carbons (Fsp3) is 0.600. The van der Waals surface area contributed by atoms with Crippen molar-refractivity contribution in [2.45, 2.75) is 52.2 Å². The third-order valence-electron chi connectivity index (χ3n) is 3.83. The Morgan fingerprint density at radius 1 is 1.18 bits per heavy atom. The van der Waals surface area contributed by atoms with Crippen LogP contribution in [0.5, 0.6) is 0 Å². The van der Waals surface area contributed by atoms with E-state index >= 15 is 0 Å². The van der Waals surface area contributed by atoms with E-state index < -0.39 is 0 Å². The molecule has 0 radical (unpaired) electrons. The molecule has 0 spiro atoms. The Kier molecular flexibility index (Phi) is 4.58. The summed E-state index contributed by atoms with van der Waals surface area (Å²) in [5.41, 5.74) is 2.35. The molecule has 0 amide bonds. The normalized spacial score (nSPS) is 13.5. The molecule has 1 N–H and O–H groups in total. The van der Waals surface area contributed by atoms with Gasteiger partial charge in [0, 0.05) is 18.3 Å². The van der Waals surface area contributed by atoms with Crippen LogP contribution >= 0.6 is 0 Å². The van der Waals surface area contributed by atoms with E-state index in [0.717, 1.165) is 18.4 Å². The van der Waals surface area contributed by atoms with Crippen LogP contribution in [-0.4, -0.2) is 17.7 Å². The van der Waals surface area contributed by atoms with Crippen molar-refractivity contribution in [1.82, 2.24) is 0 Å². The highest BCUT2D eigenvalue weighted by molar-refractivity contribution is 5.49. The lowest BCUT2D eigenvalue weighted by atomic mass is 9.98. The Bertz CT molecular complexity index is 342. The second-order valence-corrected chi connectivity index (χ2v) is 5.24. The van der Waals surface area contributed by atoms with E-state index in [-0.39, 0.29) is 11.6 Å². The summed E-state index contributed by atoms with van der Waals surface area (Å²) in [6.45, 7) is 8.67. The molecule has 0 aliphatic rings. The van der Waals surface area contributed by atoms with Gasteiger partial charge in [-0.25, -0.2) is 0 Å². The van der Waals surface area contributed by atoms with Gasteiger partial charge in [0.1, 0.15) is 0 Å². The van der Waals surface area contributed by atoms with Crippen molar-refractivity contribution in [3.8, 4) is 0 Å². The van der Waals surface area contributed by atoms with Crippen LogP contribution < -0.4 is 4.90 Å². The minimum absolute atomic E-state index is 0.158. The fourth-order valence-corrected chi connectivity index (χ4v) is 1.74. The number of anilines is 1. The maximum Gasteiger partial charge on any atom is 0.0787 e. The Morgan fingerprint density at radius 2 is 1.71 bits per heavy atom. The maximum atomic E-state index is 9.75. The van der Waals surface area contributed by atoms with E-state index in [1.165, 1.54) is 5.69 Å². The Labute approximate surface area is 105 Å². The summed E-state index contributed by atoms with van der Waals surface area (Å²) >= 11 is 0. The first-order chi connectivity index (χ1) is 7.92. The molecule has 1 unspecified atom stereocenters. The van der Waals surface area contributed by atoms with Crippen molar-refractivity contribution in [1.29, 1.82) is 0 Å². The number of hydrogen-bond acceptors (Lipinski definition) is 2. The van der Waals surface area contributed by atoms with Gasteiger partial charge in [-0.2, -0.15) is 0 Å². The average molecular weight is 235 g/mol. The van der Waals surface area contributed by atoms with Gasteiger partial charge in [-0.05, 0) is 44.4 Å². The van der Waals surface area contributed by atoms with E-state index in [0.29, 0.717) is 0 Å². The van der Waals surface area contributed by atoms with Crippen molar-refractivity contribution < 1.29 is 5.11 Å². The molecular formula is C15H25NO. The monoisotopic (exact) mass is 235 g/mol. The highest BCUT2D eigenvalue weighted by Crippen LogP contribution is 2.26. The van der Waals surface area contributed by atoms with Crippen LogP contribution in [0.25, 0.3) is 0 Å². The van der Waals surface area contributed by atoms with Crippen LogP contribution in [0.3, 0.4) is 0 Å². The molecule has 0 aliphatic heterocycles. The number of hydrogen-bond donors (Lipinski definition) is 1. The first-order valence-electron chi connectivity index (χ1n) is 6.44. The standard InChI is InChI=1S/C15H25NO/c1-6-14(17)12-8-10-13(11-9-12)16(5)15(3,4)7-2/h8-11,14,17H,6-7H2,1-5H3. The summed E-state index contributed by atoms with van der Waals surface area (Å²) < 4.78 is 0. The lowest BCUT2D eigenvalue weighted by Gasteiger charge is -2.37. The van der Waals surface area contributed by atoms with E-state index in [1.807, 2.05) is 19.1 Å². The highest BCUT2D eigenvalue weighted by atomic mass is 16.3. The van der Waals surface area contributed by atoms with Crippen molar-refractivity contribution in [3.63, 3.8) is 0 Å². The van der Waals surface area contributed by atoms with Gasteiger partial charge in [-0.1, -0.05) is 26.0 Å². The van der Waals surface area contributed by atoms with Gasteiger partial charge in [0.25, 0.3) is 0 Å². The summed E-state index contributed by atoms with van der Waals surface area (Å²) in [4.78, 5) is 2.29. The molecular weight excluding hydrogens is 210 g/mol. The smallest absolute Gasteiger partial charge is 0.0787 e. The molecule has 0 fully saturated rings. The number of aliphatic hydroxyl groups excluding tert-OH is 1. The van der Waals surface area contributed by atoms with Crippen LogP contribution in [0.2, 0.25) is 0 Å². The fourth-order valence-electron chi connectivity index (χ4n) is 1.74. The third-order valence-corrected chi connectivity index (χ3v) is 3.83. The van der Waals surface area contributed by atoms with E-state index in [9.17, 15) is 5.11 Å². The van der Waals surface area contributed by atoms with Gasteiger partial charge < -0.3 is 10.0 Å². The molecule has 2 nitrogen and oxygen atoms in total. The third kappa shape index (κ3) is 3.22. The van der Waals surface area contributed by atoms with Crippen molar-refractivity contribution in [2.75, 3.05) is 11.9 Å².